The van der Waals surface area contributed by atoms with E-state index in [1.807, 2.05) is 0 Å². The molecule has 0 saturated carbocycles. The standard InChI is InChI=1S/C13H28O/c1-3-5-6-7-8-9-10-11-13(4-2)12-14/h13-14H,3-12H2,1-2H3. The molecule has 0 bridgehead atoms. The molecule has 1 heteroatoms. The van der Waals surface area contributed by atoms with Crippen LogP contribution in [0, 0.1) is 5.92 Å². The Morgan fingerprint density at radius 2 is 1.43 bits per heavy atom. The minimum atomic E-state index is 0.381. The number of unbranched alkanes of at least 4 members (excludes halogenated alkanes) is 6. The van der Waals surface area contributed by atoms with Gasteiger partial charge in [-0.15, -0.1) is 0 Å². The topological polar surface area (TPSA) is 20.2 Å². The summed E-state index contributed by atoms with van der Waals surface area (Å²) < 4.78 is 0. The van der Waals surface area contributed by atoms with Crippen molar-refractivity contribution in [1.29, 1.82) is 0 Å². The monoisotopic (exact) mass is 200 g/mol. The molecule has 1 unspecified atom stereocenters. The van der Waals surface area contributed by atoms with E-state index in [4.69, 9.17) is 5.11 Å². The van der Waals surface area contributed by atoms with Crippen molar-refractivity contribution in [2.75, 3.05) is 6.61 Å². The summed E-state index contributed by atoms with van der Waals surface area (Å²) >= 11 is 0. The van der Waals surface area contributed by atoms with Gasteiger partial charge in [-0.3, -0.25) is 0 Å². The molecule has 0 aliphatic rings. The van der Waals surface area contributed by atoms with Gasteiger partial charge in [0.25, 0.3) is 0 Å². The molecule has 0 aromatic carbocycles. The SMILES string of the molecule is CCCCCCCCCC(CC)CO. The van der Waals surface area contributed by atoms with Crippen molar-refractivity contribution in [2.24, 2.45) is 5.92 Å². The van der Waals surface area contributed by atoms with Crippen LogP contribution in [-0.2, 0) is 0 Å². The Morgan fingerprint density at radius 1 is 0.857 bits per heavy atom. The lowest BCUT2D eigenvalue weighted by Gasteiger charge is -2.10. The van der Waals surface area contributed by atoms with E-state index in [1.165, 1.54) is 51.4 Å². The van der Waals surface area contributed by atoms with Crippen molar-refractivity contribution in [3.8, 4) is 0 Å². The summed E-state index contributed by atoms with van der Waals surface area (Å²) in [6.45, 7) is 4.81. The van der Waals surface area contributed by atoms with Crippen LogP contribution in [-0.4, -0.2) is 11.7 Å². The fourth-order valence-electron chi connectivity index (χ4n) is 1.81. The fourth-order valence-corrected chi connectivity index (χ4v) is 1.81. The van der Waals surface area contributed by atoms with Gasteiger partial charge in [0.2, 0.25) is 0 Å². The lowest BCUT2D eigenvalue weighted by Crippen LogP contribution is -2.03. The van der Waals surface area contributed by atoms with Crippen LogP contribution in [0.15, 0.2) is 0 Å². The highest BCUT2D eigenvalue weighted by Gasteiger charge is 2.03. The zero-order chi connectivity index (χ0) is 10.6. The second kappa shape index (κ2) is 11.0. The molecule has 0 rings (SSSR count). The smallest absolute Gasteiger partial charge is 0.0459 e. The Hall–Kier alpha value is -0.0400. The predicted molar refractivity (Wildman–Crippen MR) is 63.5 cm³/mol. The number of hydrogen-bond acceptors (Lipinski definition) is 1. The quantitative estimate of drug-likeness (QED) is 0.525. The van der Waals surface area contributed by atoms with Gasteiger partial charge in [0, 0.05) is 6.61 Å². The Bertz CT molecular complexity index is 97.4. The molecule has 1 atom stereocenters. The first-order valence-corrected chi connectivity index (χ1v) is 6.46. The van der Waals surface area contributed by atoms with E-state index < -0.39 is 0 Å². The van der Waals surface area contributed by atoms with Crippen LogP contribution in [0.4, 0.5) is 0 Å². The average molecular weight is 200 g/mol. The molecule has 0 heterocycles. The maximum absolute atomic E-state index is 9.00. The zero-order valence-corrected chi connectivity index (χ0v) is 10.1. The van der Waals surface area contributed by atoms with Gasteiger partial charge in [0.15, 0.2) is 0 Å². The maximum atomic E-state index is 9.00. The minimum Gasteiger partial charge on any atom is -0.396 e. The van der Waals surface area contributed by atoms with Crippen molar-refractivity contribution >= 4 is 0 Å². The Morgan fingerprint density at radius 3 is 1.93 bits per heavy atom. The summed E-state index contributed by atoms with van der Waals surface area (Å²) in [5.41, 5.74) is 0. The molecule has 0 aliphatic carbocycles. The third-order valence-electron chi connectivity index (χ3n) is 3.05. The first-order valence-electron chi connectivity index (χ1n) is 6.46. The third kappa shape index (κ3) is 8.55. The first kappa shape index (κ1) is 14.0. The van der Waals surface area contributed by atoms with Crippen molar-refractivity contribution in [3.63, 3.8) is 0 Å². The molecule has 0 amide bonds. The van der Waals surface area contributed by atoms with Gasteiger partial charge in [-0.1, -0.05) is 65.2 Å². The molecule has 0 spiro atoms. The zero-order valence-electron chi connectivity index (χ0n) is 10.1. The molecular formula is C13H28O. The summed E-state index contributed by atoms with van der Waals surface area (Å²) in [7, 11) is 0. The van der Waals surface area contributed by atoms with Crippen LogP contribution in [0.5, 0.6) is 0 Å². The summed E-state index contributed by atoms with van der Waals surface area (Å²) in [5.74, 6) is 0.561. The van der Waals surface area contributed by atoms with Gasteiger partial charge >= 0.3 is 0 Å². The molecule has 0 aromatic rings. The maximum Gasteiger partial charge on any atom is 0.0459 e. The summed E-state index contributed by atoms with van der Waals surface area (Å²) in [5, 5.41) is 9.00. The van der Waals surface area contributed by atoms with E-state index in [-0.39, 0.29) is 0 Å². The number of hydrogen-bond donors (Lipinski definition) is 1. The highest BCUT2D eigenvalue weighted by molar-refractivity contribution is 4.55. The normalized spacial score (nSPS) is 13.1. The Balaban J connectivity index is 3.04. The van der Waals surface area contributed by atoms with Crippen molar-refractivity contribution < 1.29 is 5.11 Å². The van der Waals surface area contributed by atoms with E-state index in [0.29, 0.717) is 12.5 Å². The molecule has 1 nitrogen and oxygen atoms in total. The van der Waals surface area contributed by atoms with Crippen molar-refractivity contribution in [1.82, 2.24) is 0 Å². The highest BCUT2D eigenvalue weighted by Crippen LogP contribution is 2.14. The van der Waals surface area contributed by atoms with Crippen LogP contribution in [0.3, 0.4) is 0 Å². The molecular weight excluding hydrogens is 172 g/mol. The fraction of sp³-hybridized carbons (Fsp3) is 1.00. The molecule has 86 valence electrons. The number of aliphatic hydroxyl groups excluding tert-OH is 1. The van der Waals surface area contributed by atoms with E-state index in [9.17, 15) is 0 Å². The van der Waals surface area contributed by atoms with Crippen molar-refractivity contribution in [2.45, 2.75) is 71.6 Å². The van der Waals surface area contributed by atoms with Gasteiger partial charge in [0.05, 0.1) is 0 Å². The predicted octanol–water partition coefficient (Wildman–Crippen LogP) is 4.15. The second-order valence-electron chi connectivity index (χ2n) is 4.37. The summed E-state index contributed by atoms with van der Waals surface area (Å²) in [4.78, 5) is 0. The van der Waals surface area contributed by atoms with Crippen LogP contribution >= 0.6 is 0 Å². The van der Waals surface area contributed by atoms with Gasteiger partial charge in [-0.25, -0.2) is 0 Å². The summed E-state index contributed by atoms with van der Waals surface area (Å²) in [6.07, 6.45) is 12.0. The Kier molecular flexibility index (Phi) is 11.0. The highest BCUT2D eigenvalue weighted by atomic mass is 16.3. The average Bonchev–Trinajstić information content (AvgIpc) is 2.22. The molecule has 0 fully saturated rings. The largest absolute Gasteiger partial charge is 0.396 e. The van der Waals surface area contributed by atoms with Crippen LogP contribution in [0.25, 0.3) is 0 Å². The van der Waals surface area contributed by atoms with Gasteiger partial charge in [-0.05, 0) is 12.3 Å². The summed E-state index contributed by atoms with van der Waals surface area (Å²) in [6, 6.07) is 0. The van der Waals surface area contributed by atoms with Gasteiger partial charge < -0.3 is 5.11 Å². The first-order chi connectivity index (χ1) is 6.85. The lowest BCUT2D eigenvalue weighted by atomic mass is 9.99. The molecule has 0 saturated heterocycles. The molecule has 0 aliphatic heterocycles. The molecule has 1 N–H and O–H groups in total. The second-order valence-corrected chi connectivity index (χ2v) is 4.37. The number of rotatable bonds is 10. The van der Waals surface area contributed by atoms with E-state index in [0.717, 1.165) is 6.42 Å². The third-order valence-corrected chi connectivity index (χ3v) is 3.05. The number of aliphatic hydroxyl groups is 1. The molecule has 0 radical (unpaired) electrons. The van der Waals surface area contributed by atoms with E-state index in [1.54, 1.807) is 0 Å². The van der Waals surface area contributed by atoms with Crippen LogP contribution < -0.4 is 0 Å². The van der Waals surface area contributed by atoms with Gasteiger partial charge in [-0.2, -0.15) is 0 Å². The lowest BCUT2D eigenvalue weighted by molar-refractivity contribution is 0.211. The van der Waals surface area contributed by atoms with Gasteiger partial charge in [0.1, 0.15) is 0 Å². The molecule has 0 aromatic heterocycles. The van der Waals surface area contributed by atoms with Crippen LogP contribution in [0.1, 0.15) is 71.6 Å². The van der Waals surface area contributed by atoms with Crippen LogP contribution in [0.2, 0.25) is 0 Å². The molecule has 14 heavy (non-hydrogen) atoms. The van der Waals surface area contributed by atoms with Crippen molar-refractivity contribution in [3.05, 3.63) is 0 Å². The Labute approximate surface area is 89.9 Å². The van der Waals surface area contributed by atoms with E-state index in [2.05, 4.69) is 13.8 Å². The minimum absolute atomic E-state index is 0.381. The van der Waals surface area contributed by atoms with E-state index >= 15 is 0 Å².